The molecular formula is C22H16ClN3OS. The highest BCUT2D eigenvalue weighted by Gasteiger charge is 2.13. The Balaban J connectivity index is 1.69. The van der Waals surface area contributed by atoms with E-state index in [0.717, 1.165) is 21.3 Å². The summed E-state index contributed by atoms with van der Waals surface area (Å²) in [6.07, 6.45) is 1.65. The molecule has 0 unspecified atom stereocenters. The van der Waals surface area contributed by atoms with Gasteiger partial charge in [-0.1, -0.05) is 41.9 Å². The number of nitrogens with zero attached hydrogens (tertiary/aromatic N) is 2. The number of hydrogen-bond donors (Lipinski definition) is 1. The average molecular weight is 406 g/mol. The molecule has 4 nitrogen and oxygen atoms in total. The number of pyridine rings is 1. The standard InChI is InChI=1S/C22H16ClN3OS/c1-14-6-11-17(28-14)13-24-26-22(27)19-12-21(15-7-9-16(23)10-8-15)25-20-5-3-2-4-18(19)20/h2-13H,1H3,(H,26,27)/b24-13-. The van der Waals surface area contributed by atoms with Gasteiger partial charge in [0.1, 0.15) is 0 Å². The number of hydrazone groups is 1. The van der Waals surface area contributed by atoms with Crippen LogP contribution in [0.3, 0.4) is 0 Å². The molecule has 0 fully saturated rings. The Morgan fingerprint density at radius 1 is 1.11 bits per heavy atom. The molecule has 138 valence electrons. The van der Waals surface area contributed by atoms with E-state index in [2.05, 4.69) is 15.5 Å². The molecule has 1 N–H and O–H groups in total. The molecule has 2 heterocycles. The maximum Gasteiger partial charge on any atom is 0.272 e. The van der Waals surface area contributed by atoms with Crippen LogP contribution < -0.4 is 5.43 Å². The number of thiophene rings is 1. The lowest BCUT2D eigenvalue weighted by molar-refractivity contribution is 0.0957. The maximum atomic E-state index is 12.8. The van der Waals surface area contributed by atoms with E-state index < -0.39 is 0 Å². The van der Waals surface area contributed by atoms with Crippen molar-refractivity contribution >= 4 is 46.0 Å². The molecule has 0 saturated carbocycles. The van der Waals surface area contributed by atoms with Crippen molar-refractivity contribution in [2.45, 2.75) is 6.92 Å². The number of nitrogens with one attached hydrogen (secondary N) is 1. The monoisotopic (exact) mass is 405 g/mol. The predicted molar refractivity (Wildman–Crippen MR) is 116 cm³/mol. The van der Waals surface area contributed by atoms with Crippen LogP contribution in [0.2, 0.25) is 5.02 Å². The topological polar surface area (TPSA) is 54.4 Å². The first kappa shape index (κ1) is 18.3. The highest BCUT2D eigenvalue weighted by atomic mass is 35.5. The summed E-state index contributed by atoms with van der Waals surface area (Å²) in [7, 11) is 0. The molecule has 0 atom stereocenters. The third kappa shape index (κ3) is 3.96. The van der Waals surface area contributed by atoms with Gasteiger partial charge in [-0.25, -0.2) is 10.4 Å². The van der Waals surface area contributed by atoms with Crippen molar-refractivity contribution in [1.82, 2.24) is 10.4 Å². The van der Waals surface area contributed by atoms with E-state index in [0.29, 0.717) is 16.3 Å². The Hall–Kier alpha value is -3.02. The third-order valence-electron chi connectivity index (χ3n) is 4.22. The lowest BCUT2D eigenvalue weighted by atomic mass is 10.0. The summed E-state index contributed by atoms with van der Waals surface area (Å²) in [5, 5.41) is 5.53. The molecule has 0 bridgehead atoms. The molecule has 0 aliphatic rings. The van der Waals surface area contributed by atoms with Crippen LogP contribution in [0.15, 0.2) is 71.8 Å². The van der Waals surface area contributed by atoms with Gasteiger partial charge in [0.15, 0.2) is 0 Å². The molecular weight excluding hydrogens is 390 g/mol. The van der Waals surface area contributed by atoms with Gasteiger partial charge in [-0.15, -0.1) is 11.3 Å². The Bertz CT molecular complexity index is 1180. The number of carbonyl (C=O) groups is 1. The van der Waals surface area contributed by atoms with Crippen LogP contribution in [0.5, 0.6) is 0 Å². The molecule has 0 spiro atoms. The molecule has 4 aromatic rings. The smallest absolute Gasteiger partial charge is 0.267 e. The molecule has 6 heteroatoms. The van der Waals surface area contributed by atoms with Crippen LogP contribution >= 0.6 is 22.9 Å². The van der Waals surface area contributed by atoms with Crippen molar-refractivity contribution in [2.75, 3.05) is 0 Å². The van der Waals surface area contributed by atoms with Gasteiger partial charge in [0.25, 0.3) is 5.91 Å². The first-order valence-electron chi connectivity index (χ1n) is 8.66. The maximum absolute atomic E-state index is 12.8. The highest BCUT2D eigenvalue weighted by molar-refractivity contribution is 7.13. The number of benzene rings is 2. The molecule has 2 aromatic carbocycles. The number of hydrogen-bond acceptors (Lipinski definition) is 4. The zero-order valence-corrected chi connectivity index (χ0v) is 16.6. The van der Waals surface area contributed by atoms with Crippen LogP contribution in [-0.2, 0) is 0 Å². The fraction of sp³-hybridized carbons (Fsp3) is 0.0455. The lowest BCUT2D eigenvalue weighted by Gasteiger charge is -2.09. The number of carbonyl (C=O) groups excluding carboxylic acids is 1. The zero-order valence-electron chi connectivity index (χ0n) is 15.0. The number of aryl methyl sites for hydroxylation is 1. The van der Waals surface area contributed by atoms with E-state index in [1.165, 1.54) is 4.88 Å². The number of amides is 1. The van der Waals surface area contributed by atoms with Gasteiger partial charge in [-0.3, -0.25) is 4.79 Å². The van der Waals surface area contributed by atoms with Crippen molar-refractivity contribution in [3.05, 3.63) is 87.1 Å². The van der Waals surface area contributed by atoms with E-state index >= 15 is 0 Å². The Morgan fingerprint density at radius 2 is 1.89 bits per heavy atom. The van der Waals surface area contributed by atoms with Crippen molar-refractivity contribution in [3.8, 4) is 11.3 Å². The van der Waals surface area contributed by atoms with Crippen LogP contribution in [0.1, 0.15) is 20.1 Å². The van der Waals surface area contributed by atoms with Gasteiger partial charge in [-0.05, 0) is 43.3 Å². The lowest BCUT2D eigenvalue weighted by Crippen LogP contribution is -2.18. The summed E-state index contributed by atoms with van der Waals surface area (Å²) < 4.78 is 0. The highest BCUT2D eigenvalue weighted by Crippen LogP contribution is 2.26. The average Bonchev–Trinajstić information content (AvgIpc) is 3.12. The van der Waals surface area contributed by atoms with Crippen molar-refractivity contribution in [3.63, 3.8) is 0 Å². The third-order valence-corrected chi connectivity index (χ3v) is 5.41. The fourth-order valence-electron chi connectivity index (χ4n) is 2.87. The number of rotatable bonds is 4. The molecule has 0 aliphatic carbocycles. The quantitative estimate of drug-likeness (QED) is 0.350. The Morgan fingerprint density at radius 3 is 2.64 bits per heavy atom. The minimum absolute atomic E-state index is 0.279. The number of para-hydroxylation sites is 1. The summed E-state index contributed by atoms with van der Waals surface area (Å²) in [6.45, 7) is 2.03. The van der Waals surface area contributed by atoms with Crippen LogP contribution in [0, 0.1) is 6.92 Å². The molecule has 4 rings (SSSR count). The van der Waals surface area contributed by atoms with E-state index in [1.54, 1.807) is 35.8 Å². The second-order valence-electron chi connectivity index (χ2n) is 6.23. The summed E-state index contributed by atoms with van der Waals surface area (Å²) in [5.41, 5.74) is 5.49. The fourth-order valence-corrected chi connectivity index (χ4v) is 3.74. The van der Waals surface area contributed by atoms with Crippen LogP contribution in [-0.4, -0.2) is 17.1 Å². The molecule has 0 aliphatic heterocycles. The van der Waals surface area contributed by atoms with Crippen molar-refractivity contribution < 1.29 is 4.79 Å². The minimum atomic E-state index is -0.279. The Labute approximate surface area is 171 Å². The summed E-state index contributed by atoms with van der Waals surface area (Å²) >= 11 is 7.60. The van der Waals surface area contributed by atoms with E-state index in [1.807, 2.05) is 55.5 Å². The molecule has 2 aromatic heterocycles. The first-order valence-corrected chi connectivity index (χ1v) is 9.85. The van der Waals surface area contributed by atoms with E-state index in [-0.39, 0.29) is 5.91 Å². The predicted octanol–water partition coefficient (Wildman–Crippen LogP) is 5.69. The van der Waals surface area contributed by atoms with Gasteiger partial charge >= 0.3 is 0 Å². The largest absolute Gasteiger partial charge is 0.272 e. The summed E-state index contributed by atoms with van der Waals surface area (Å²) in [4.78, 5) is 19.7. The molecule has 0 radical (unpaired) electrons. The summed E-state index contributed by atoms with van der Waals surface area (Å²) in [5.74, 6) is -0.279. The molecule has 1 amide bonds. The van der Waals surface area contributed by atoms with Gasteiger partial charge < -0.3 is 0 Å². The zero-order chi connectivity index (χ0) is 19.5. The normalized spacial score (nSPS) is 11.2. The number of fused-ring (bicyclic) bond motifs is 1. The molecule has 0 saturated heterocycles. The first-order chi connectivity index (χ1) is 13.6. The van der Waals surface area contributed by atoms with Crippen LogP contribution in [0.25, 0.3) is 22.2 Å². The second kappa shape index (κ2) is 7.92. The second-order valence-corrected chi connectivity index (χ2v) is 7.98. The van der Waals surface area contributed by atoms with E-state index in [9.17, 15) is 4.79 Å². The number of halogens is 1. The summed E-state index contributed by atoms with van der Waals surface area (Å²) in [6, 6.07) is 20.7. The number of aromatic nitrogens is 1. The van der Waals surface area contributed by atoms with E-state index in [4.69, 9.17) is 11.6 Å². The van der Waals surface area contributed by atoms with Gasteiger partial charge in [0.05, 0.1) is 23.0 Å². The van der Waals surface area contributed by atoms with Crippen molar-refractivity contribution in [2.24, 2.45) is 5.10 Å². The SMILES string of the molecule is Cc1ccc(/C=N\NC(=O)c2cc(-c3ccc(Cl)cc3)nc3ccccc23)s1. The minimum Gasteiger partial charge on any atom is -0.267 e. The Kier molecular flexibility index (Phi) is 5.19. The van der Waals surface area contributed by atoms with Gasteiger partial charge in [-0.2, -0.15) is 5.10 Å². The van der Waals surface area contributed by atoms with Gasteiger partial charge in [0.2, 0.25) is 0 Å². The van der Waals surface area contributed by atoms with Crippen molar-refractivity contribution in [1.29, 1.82) is 0 Å². The molecule has 28 heavy (non-hydrogen) atoms. The van der Waals surface area contributed by atoms with Crippen LogP contribution in [0.4, 0.5) is 0 Å². The van der Waals surface area contributed by atoms with Gasteiger partial charge in [0, 0.05) is 25.7 Å².